The summed E-state index contributed by atoms with van der Waals surface area (Å²) in [6, 6.07) is 33.3. The van der Waals surface area contributed by atoms with Gasteiger partial charge >= 0.3 is 11.9 Å². The van der Waals surface area contributed by atoms with Crippen molar-refractivity contribution in [3.8, 4) is 23.0 Å². The summed E-state index contributed by atoms with van der Waals surface area (Å²) in [6.07, 6.45) is 8.75. The highest BCUT2D eigenvalue weighted by atomic mass is 16.5. The molecule has 3 saturated carbocycles. The van der Waals surface area contributed by atoms with Gasteiger partial charge in [0.05, 0.1) is 23.7 Å². The third-order valence-corrected chi connectivity index (χ3v) is 11.8. The van der Waals surface area contributed by atoms with Crippen molar-refractivity contribution in [2.24, 2.45) is 23.7 Å². The maximum absolute atomic E-state index is 14.7. The molecule has 10 heteroatoms. The number of amides is 2. The molecule has 0 aliphatic heterocycles. The highest BCUT2D eigenvalue weighted by Gasteiger charge is 2.65. The number of benzene rings is 4. The molecule has 3 aliphatic carbocycles. The second kappa shape index (κ2) is 17.9. The first-order chi connectivity index (χ1) is 27.3. The lowest BCUT2D eigenvalue weighted by Gasteiger charge is -2.50. The van der Waals surface area contributed by atoms with Crippen molar-refractivity contribution in [1.29, 1.82) is 0 Å². The fourth-order valence-corrected chi connectivity index (χ4v) is 8.89. The van der Waals surface area contributed by atoms with E-state index in [-0.39, 0.29) is 25.2 Å². The summed E-state index contributed by atoms with van der Waals surface area (Å²) in [6.45, 7) is 0.391. The molecular weight excluding hydrogens is 709 g/mol. The zero-order chi connectivity index (χ0) is 39.0. The van der Waals surface area contributed by atoms with E-state index in [0.29, 0.717) is 23.0 Å². The van der Waals surface area contributed by atoms with Crippen LogP contribution >= 0.6 is 0 Å². The Morgan fingerprint density at radius 3 is 1.09 bits per heavy atom. The van der Waals surface area contributed by atoms with Gasteiger partial charge < -0.3 is 29.5 Å². The Morgan fingerprint density at radius 2 is 0.768 bits per heavy atom. The van der Waals surface area contributed by atoms with Crippen molar-refractivity contribution >= 4 is 23.8 Å². The number of rotatable bonds is 14. The standard InChI is InChI=1S/C46H50N2O8/c49-43(47(33-13-5-1-6-14-33)29-31-21-25-37(26-22-31)55-35-17-9-3-10-18-35)39-41(45(51)52)40(42(39)46(53)54)44(50)48(34-15-7-2-8-16-34)30-32-23-27-38(28-24-32)56-36-19-11-4-12-20-36/h3-4,9-12,17-28,33-34,39-42H,1-2,5-8,13-16,29-30H2,(H,51,52)(H,53,54)/t39-,40-,41-,42-. The van der Waals surface area contributed by atoms with Crippen LogP contribution in [-0.2, 0) is 32.3 Å². The normalized spacial score (nSPS) is 21.3. The molecule has 7 rings (SSSR count). The van der Waals surface area contributed by atoms with Gasteiger partial charge in [-0.05, 0) is 85.3 Å². The van der Waals surface area contributed by atoms with E-state index < -0.39 is 47.4 Å². The Hall–Kier alpha value is -5.64. The molecule has 2 N–H and O–H groups in total. The second-order valence-electron chi connectivity index (χ2n) is 15.4. The van der Waals surface area contributed by atoms with E-state index in [4.69, 9.17) is 9.47 Å². The van der Waals surface area contributed by atoms with E-state index in [0.717, 1.165) is 75.3 Å². The van der Waals surface area contributed by atoms with Crippen molar-refractivity contribution < 1.29 is 38.9 Å². The molecule has 0 spiro atoms. The van der Waals surface area contributed by atoms with Gasteiger partial charge in [0.1, 0.15) is 23.0 Å². The van der Waals surface area contributed by atoms with Gasteiger partial charge in [-0.25, -0.2) is 0 Å². The predicted octanol–water partition coefficient (Wildman–Crippen LogP) is 8.94. The number of hydrogen-bond acceptors (Lipinski definition) is 6. The summed E-state index contributed by atoms with van der Waals surface area (Å²) in [4.78, 5) is 59.0. The van der Waals surface area contributed by atoms with Crippen LogP contribution in [0, 0.1) is 23.7 Å². The molecule has 4 aromatic carbocycles. The minimum Gasteiger partial charge on any atom is -0.481 e. The average Bonchev–Trinajstić information content (AvgIpc) is 3.21. The van der Waals surface area contributed by atoms with E-state index >= 15 is 0 Å². The highest BCUT2D eigenvalue weighted by molar-refractivity contribution is 5.99. The summed E-state index contributed by atoms with van der Waals surface area (Å²) >= 11 is 0. The third kappa shape index (κ3) is 8.91. The number of para-hydroxylation sites is 2. The molecule has 0 atom stereocenters. The van der Waals surface area contributed by atoms with Gasteiger partial charge in [-0.15, -0.1) is 0 Å². The lowest BCUT2D eigenvalue weighted by Crippen LogP contribution is -2.65. The van der Waals surface area contributed by atoms with Crippen LogP contribution in [0.3, 0.4) is 0 Å². The molecule has 10 nitrogen and oxygen atoms in total. The van der Waals surface area contributed by atoms with Gasteiger partial charge in [-0.3, -0.25) is 19.2 Å². The summed E-state index contributed by atoms with van der Waals surface area (Å²) in [5.74, 6) is -6.68. The van der Waals surface area contributed by atoms with E-state index in [1.165, 1.54) is 0 Å². The van der Waals surface area contributed by atoms with Gasteiger partial charge in [0.15, 0.2) is 0 Å². The molecule has 56 heavy (non-hydrogen) atoms. The van der Waals surface area contributed by atoms with Crippen LogP contribution < -0.4 is 9.47 Å². The van der Waals surface area contributed by atoms with E-state index in [1.54, 1.807) is 9.80 Å². The summed E-state index contributed by atoms with van der Waals surface area (Å²) < 4.78 is 11.9. The maximum atomic E-state index is 14.7. The first-order valence-electron chi connectivity index (χ1n) is 20.0. The molecule has 4 aromatic rings. The third-order valence-electron chi connectivity index (χ3n) is 11.8. The lowest BCUT2D eigenvalue weighted by molar-refractivity contribution is -0.189. The van der Waals surface area contributed by atoms with Gasteiger partial charge in [0.2, 0.25) is 11.8 Å². The molecule has 0 heterocycles. The number of hydrogen-bond donors (Lipinski definition) is 2. The van der Waals surface area contributed by atoms with Gasteiger partial charge in [-0.2, -0.15) is 0 Å². The number of aliphatic carboxylic acids is 2. The van der Waals surface area contributed by atoms with Gasteiger partial charge in [0, 0.05) is 25.2 Å². The molecular formula is C46H50N2O8. The van der Waals surface area contributed by atoms with Crippen molar-refractivity contribution in [2.45, 2.75) is 89.4 Å². The summed E-state index contributed by atoms with van der Waals surface area (Å²) in [7, 11) is 0. The SMILES string of the molecule is O=C(O)[C@H]1[C@H](C(=O)N(Cc2ccc(Oc3ccccc3)cc2)C2CCCCC2)[C@H](C(=O)O)[C@H]1C(=O)N(Cc1ccc(Oc2ccccc2)cc1)C1CCCCC1. The number of carbonyl (C=O) groups is 4. The van der Waals surface area contributed by atoms with Crippen molar-refractivity contribution in [3.63, 3.8) is 0 Å². The zero-order valence-electron chi connectivity index (χ0n) is 31.6. The monoisotopic (exact) mass is 758 g/mol. The molecule has 0 unspecified atom stereocenters. The minimum atomic E-state index is -1.46. The van der Waals surface area contributed by atoms with Crippen molar-refractivity contribution in [3.05, 3.63) is 120 Å². The molecule has 2 amide bonds. The van der Waals surface area contributed by atoms with Crippen LogP contribution in [-0.4, -0.2) is 55.8 Å². The first kappa shape index (κ1) is 38.6. The molecule has 0 saturated heterocycles. The molecule has 3 aliphatic rings. The van der Waals surface area contributed by atoms with Crippen LogP contribution in [0.1, 0.15) is 75.3 Å². The Morgan fingerprint density at radius 1 is 0.446 bits per heavy atom. The largest absolute Gasteiger partial charge is 0.481 e. The Bertz CT molecular complexity index is 1790. The van der Waals surface area contributed by atoms with Crippen molar-refractivity contribution in [1.82, 2.24) is 9.80 Å². The summed E-state index contributed by atoms with van der Waals surface area (Å²) in [5, 5.41) is 21.4. The smallest absolute Gasteiger partial charge is 0.308 e. The van der Waals surface area contributed by atoms with Crippen LogP contribution in [0.2, 0.25) is 0 Å². The number of nitrogens with zero attached hydrogens (tertiary/aromatic N) is 2. The lowest BCUT2D eigenvalue weighted by atomic mass is 9.55. The van der Waals surface area contributed by atoms with E-state index in [2.05, 4.69) is 0 Å². The Balaban J connectivity index is 1.13. The van der Waals surface area contributed by atoms with E-state index in [1.807, 2.05) is 109 Å². The number of ether oxygens (including phenoxy) is 2. The number of carboxylic acids is 2. The molecule has 0 aromatic heterocycles. The number of carbonyl (C=O) groups excluding carboxylic acids is 2. The topological polar surface area (TPSA) is 134 Å². The maximum Gasteiger partial charge on any atom is 0.308 e. The fraction of sp³-hybridized carbons (Fsp3) is 0.391. The van der Waals surface area contributed by atoms with Crippen LogP contribution in [0.15, 0.2) is 109 Å². The predicted molar refractivity (Wildman–Crippen MR) is 210 cm³/mol. The molecule has 0 radical (unpaired) electrons. The van der Waals surface area contributed by atoms with Crippen LogP contribution in [0.5, 0.6) is 23.0 Å². The molecule has 3 fully saturated rings. The minimum absolute atomic E-state index is 0.164. The summed E-state index contributed by atoms with van der Waals surface area (Å²) in [5.41, 5.74) is 1.64. The van der Waals surface area contributed by atoms with Gasteiger partial charge in [-0.1, -0.05) is 99.2 Å². The highest BCUT2D eigenvalue weighted by Crippen LogP contribution is 2.50. The molecule has 0 bridgehead atoms. The fourth-order valence-electron chi connectivity index (χ4n) is 8.89. The van der Waals surface area contributed by atoms with E-state index in [9.17, 15) is 29.4 Å². The molecule has 292 valence electrons. The quantitative estimate of drug-likeness (QED) is 0.130. The van der Waals surface area contributed by atoms with Crippen LogP contribution in [0.25, 0.3) is 0 Å². The van der Waals surface area contributed by atoms with Gasteiger partial charge in [0.25, 0.3) is 0 Å². The average molecular weight is 759 g/mol. The Labute approximate surface area is 328 Å². The van der Waals surface area contributed by atoms with Crippen LogP contribution in [0.4, 0.5) is 0 Å². The zero-order valence-corrected chi connectivity index (χ0v) is 31.6. The Kier molecular flexibility index (Phi) is 12.3. The van der Waals surface area contributed by atoms with Crippen molar-refractivity contribution in [2.75, 3.05) is 0 Å². The first-order valence-corrected chi connectivity index (χ1v) is 20.0. The second-order valence-corrected chi connectivity index (χ2v) is 15.4. The number of carboxylic acid groups (broad SMARTS) is 2.